The average Bonchev–Trinajstić information content (AvgIpc) is 3.25. The van der Waals surface area contributed by atoms with Gasteiger partial charge in [0.15, 0.2) is 0 Å². The fourth-order valence-corrected chi connectivity index (χ4v) is 2.41. The van der Waals surface area contributed by atoms with Gasteiger partial charge in [0.1, 0.15) is 18.8 Å². The predicted octanol–water partition coefficient (Wildman–Crippen LogP) is 1.19. The number of alkyl carbamates (subject to hydrolysis) is 1. The zero-order valence-corrected chi connectivity index (χ0v) is 14.3. The lowest BCUT2D eigenvalue weighted by Gasteiger charge is -2.18. The molecule has 1 amide bonds. The number of aliphatic hydroxyl groups excluding tert-OH is 2. The molecule has 0 aliphatic heterocycles. The van der Waals surface area contributed by atoms with Gasteiger partial charge in [-0.15, -0.1) is 10.2 Å². The first-order valence-corrected chi connectivity index (χ1v) is 8.28. The third-order valence-corrected chi connectivity index (χ3v) is 3.89. The second kappa shape index (κ2) is 8.88. The van der Waals surface area contributed by atoms with Crippen molar-refractivity contribution in [3.63, 3.8) is 0 Å². The highest BCUT2D eigenvalue weighted by atomic mass is 16.5. The number of hydrogen-bond acceptors (Lipinski definition) is 7. The predicted molar refractivity (Wildman–Crippen MR) is 95.2 cm³/mol. The van der Waals surface area contributed by atoms with Gasteiger partial charge in [-0.1, -0.05) is 54.6 Å². The number of tetrazole rings is 1. The van der Waals surface area contributed by atoms with Crippen molar-refractivity contribution in [1.29, 1.82) is 0 Å². The van der Waals surface area contributed by atoms with Gasteiger partial charge in [0.05, 0.1) is 0 Å². The minimum Gasteiger partial charge on any atom is -0.445 e. The van der Waals surface area contributed by atoms with Crippen molar-refractivity contribution in [1.82, 2.24) is 25.9 Å². The van der Waals surface area contributed by atoms with Crippen LogP contribution in [0.15, 0.2) is 54.6 Å². The normalized spacial score (nSPS) is 13.0. The summed E-state index contributed by atoms with van der Waals surface area (Å²) in [5.41, 5.74) is 2.07. The number of aliphatic hydroxyl groups is 2. The summed E-state index contributed by atoms with van der Waals surface area (Å²) in [5, 5.41) is 36.3. The molecule has 0 saturated heterocycles. The second-order valence-electron chi connectivity index (χ2n) is 5.81. The number of aromatic amines is 1. The van der Waals surface area contributed by atoms with Crippen LogP contribution < -0.4 is 5.32 Å². The number of aromatic nitrogens is 4. The number of H-pyrrole nitrogens is 1. The summed E-state index contributed by atoms with van der Waals surface area (Å²) in [6.07, 6.45) is -3.03. The third kappa shape index (κ3) is 5.09. The average molecular weight is 369 g/mol. The minimum atomic E-state index is -1.19. The zero-order chi connectivity index (χ0) is 19.1. The van der Waals surface area contributed by atoms with Crippen LogP contribution in [0.2, 0.25) is 0 Å². The van der Waals surface area contributed by atoms with Gasteiger partial charge in [0.2, 0.25) is 5.82 Å². The molecule has 4 N–H and O–H groups in total. The number of rotatable bonds is 7. The molecule has 3 rings (SSSR count). The van der Waals surface area contributed by atoms with E-state index in [0.717, 1.165) is 11.1 Å². The Labute approximate surface area is 155 Å². The molecule has 0 aliphatic rings. The molecule has 0 saturated carbocycles. The van der Waals surface area contributed by atoms with Gasteiger partial charge in [0.25, 0.3) is 0 Å². The van der Waals surface area contributed by atoms with E-state index in [1.807, 2.05) is 30.3 Å². The molecule has 0 aliphatic carbocycles. The topological polar surface area (TPSA) is 133 Å². The molecule has 0 radical (unpaired) electrons. The van der Waals surface area contributed by atoms with E-state index in [-0.39, 0.29) is 13.2 Å². The van der Waals surface area contributed by atoms with Crippen LogP contribution in [-0.4, -0.2) is 49.6 Å². The monoisotopic (exact) mass is 369 g/mol. The summed E-state index contributed by atoms with van der Waals surface area (Å²) in [7, 11) is 0. The van der Waals surface area contributed by atoms with E-state index in [1.165, 1.54) is 0 Å². The Morgan fingerprint density at radius 2 is 1.85 bits per heavy atom. The first-order valence-electron chi connectivity index (χ1n) is 8.28. The Kier molecular flexibility index (Phi) is 6.08. The van der Waals surface area contributed by atoms with E-state index in [0.29, 0.717) is 11.4 Å². The van der Waals surface area contributed by atoms with Crippen LogP contribution in [-0.2, 0) is 11.3 Å². The van der Waals surface area contributed by atoms with Crippen molar-refractivity contribution in [3.05, 3.63) is 65.7 Å². The standard InChI is InChI=1S/C18H19N5O4/c24-15(10-19-18(26)27-11-12-4-2-1-3-5-12)16(25)13-6-8-14(9-7-13)17-20-22-23-21-17/h1-9,15-16,24-25H,10-11H2,(H,19,26)(H,20,21,22,23). The molecular weight excluding hydrogens is 350 g/mol. The molecule has 2 atom stereocenters. The number of hydrogen-bond donors (Lipinski definition) is 4. The number of carbonyl (C=O) groups is 1. The number of carbonyl (C=O) groups excluding carboxylic acids is 1. The van der Waals surface area contributed by atoms with Gasteiger partial charge in [0, 0.05) is 12.1 Å². The Balaban J connectivity index is 1.47. The van der Waals surface area contributed by atoms with E-state index in [9.17, 15) is 15.0 Å². The molecule has 3 aromatic rings. The van der Waals surface area contributed by atoms with E-state index in [4.69, 9.17) is 4.74 Å². The minimum absolute atomic E-state index is 0.128. The Morgan fingerprint density at radius 1 is 1.11 bits per heavy atom. The molecule has 2 aromatic carbocycles. The van der Waals surface area contributed by atoms with Gasteiger partial charge >= 0.3 is 6.09 Å². The molecule has 9 nitrogen and oxygen atoms in total. The first kappa shape index (κ1) is 18.5. The van der Waals surface area contributed by atoms with Crippen LogP contribution in [0.4, 0.5) is 4.79 Å². The Bertz CT molecular complexity index is 840. The Morgan fingerprint density at radius 3 is 2.52 bits per heavy atom. The largest absolute Gasteiger partial charge is 0.445 e. The zero-order valence-electron chi connectivity index (χ0n) is 14.3. The number of ether oxygens (including phenoxy) is 1. The van der Waals surface area contributed by atoms with Crippen LogP contribution in [0.5, 0.6) is 0 Å². The highest BCUT2D eigenvalue weighted by molar-refractivity contribution is 5.67. The SMILES string of the molecule is O=C(NCC(O)C(O)c1ccc(-c2nn[nH]n2)cc1)OCc1ccccc1. The molecule has 2 unspecified atom stereocenters. The first-order chi connectivity index (χ1) is 13.1. The number of nitrogens with zero attached hydrogens (tertiary/aromatic N) is 3. The highest BCUT2D eigenvalue weighted by Gasteiger charge is 2.19. The number of nitrogens with one attached hydrogen (secondary N) is 2. The van der Waals surface area contributed by atoms with Crippen molar-refractivity contribution in [2.45, 2.75) is 18.8 Å². The van der Waals surface area contributed by atoms with Gasteiger partial charge in [-0.3, -0.25) is 0 Å². The fraction of sp³-hybridized carbons (Fsp3) is 0.222. The smallest absolute Gasteiger partial charge is 0.407 e. The molecule has 1 heterocycles. The summed E-state index contributed by atoms with van der Waals surface area (Å²) in [6.45, 7) is -0.0236. The quantitative estimate of drug-likeness (QED) is 0.491. The third-order valence-electron chi connectivity index (χ3n) is 3.89. The summed E-state index contributed by atoms with van der Waals surface area (Å²) in [6, 6.07) is 15.9. The van der Waals surface area contributed by atoms with Crippen LogP contribution in [0.25, 0.3) is 11.4 Å². The van der Waals surface area contributed by atoms with Crippen LogP contribution in [0.3, 0.4) is 0 Å². The number of amides is 1. The maximum absolute atomic E-state index is 11.7. The van der Waals surface area contributed by atoms with Crippen molar-refractivity contribution in [3.8, 4) is 11.4 Å². The van der Waals surface area contributed by atoms with Crippen LogP contribution >= 0.6 is 0 Å². The van der Waals surface area contributed by atoms with Gasteiger partial charge in [-0.05, 0) is 16.3 Å². The van der Waals surface area contributed by atoms with E-state index in [2.05, 4.69) is 25.9 Å². The lowest BCUT2D eigenvalue weighted by Crippen LogP contribution is -2.35. The molecule has 9 heteroatoms. The number of benzene rings is 2. The summed E-state index contributed by atoms with van der Waals surface area (Å²) >= 11 is 0. The van der Waals surface area contributed by atoms with E-state index in [1.54, 1.807) is 24.3 Å². The highest BCUT2D eigenvalue weighted by Crippen LogP contribution is 2.20. The lowest BCUT2D eigenvalue weighted by molar-refractivity contribution is 0.0184. The van der Waals surface area contributed by atoms with Crippen molar-refractivity contribution in [2.75, 3.05) is 6.54 Å². The van der Waals surface area contributed by atoms with E-state index < -0.39 is 18.3 Å². The van der Waals surface area contributed by atoms with Crippen molar-refractivity contribution >= 4 is 6.09 Å². The molecule has 140 valence electrons. The Hall–Kier alpha value is -3.30. The van der Waals surface area contributed by atoms with Crippen LogP contribution in [0.1, 0.15) is 17.2 Å². The molecular formula is C18H19N5O4. The molecule has 0 spiro atoms. The molecule has 0 bridgehead atoms. The summed E-state index contributed by atoms with van der Waals surface area (Å²) in [4.78, 5) is 11.7. The second-order valence-corrected chi connectivity index (χ2v) is 5.81. The fourth-order valence-electron chi connectivity index (χ4n) is 2.41. The van der Waals surface area contributed by atoms with Gasteiger partial charge in [-0.2, -0.15) is 5.21 Å². The van der Waals surface area contributed by atoms with E-state index >= 15 is 0 Å². The maximum atomic E-state index is 11.7. The molecule has 27 heavy (non-hydrogen) atoms. The van der Waals surface area contributed by atoms with Crippen molar-refractivity contribution in [2.24, 2.45) is 0 Å². The maximum Gasteiger partial charge on any atom is 0.407 e. The lowest BCUT2D eigenvalue weighted by atomic mass is 10.0. The molecule has 0 fully saturated rings. The van der Waals surface area contributed by atoms with Gasteiger partial charge in [-0.25, -0.2) is 4.79 Å². The van der Waals surface area contributed by atoms with Crippen LogP contribution in [0, 0.1) is 0 Å². The van der Waals surface area contributed by atoms with Crippen molar-refractivity contribution < 1.29 is 19.7 Å². The summed E-state index contributed by atoms with van der Waals surface area (Å²) in [5.74, 6) is 0.430. The molecule has 1 aromatic heterocycles. The van der Waals surface area contributed by atoms with Gasteiger partial charge < -0.3 is 20.3 Å². The summed E-state index contributed by atoms with van der Waals surface area (Å²) < 4.78 is 5.06.